The SMILES string of the molecule is CC(C)CC1(CNS(=O)(=O)c2ccc(Cl)nc2)CCCC1. The van der Waals surface area contributed by atoms with Crippen LogP contribution in [-0.2, 0) is 10.0 Å². The van der Waals surface area contributed by atoms with Gasteiger partial charge in [-0.3, -0.25) is 0 Å². The Morgan fingerprint density at radius 3 is 2.52 bits per heavy atom. The second-order valence-electron chi connectivity index (χ2n) is 6.45. The van der Waals surface area contributed by atoms with Gasteiger partial charge in [0.1, 0.15) is 10.0 Å². The van der Waals surface area contributed by atoms with Crippen LogP contribution in [0.4, 0.5) is 0 Å². The molecule has 0 atom stereocenters. The molecule has 0 aromatic carbocycles. The van der Waals surface area contributed by atoms with Gasteiger partial charge in [0.25, 0.3) is 0 Å². The maximum atomic E-state index is 12.3. The van der Waals surface area contributed by atoms with Crippen LogP contribution in [0.5, 0.6) is 0 Å². The second kappa shape index (κ2) is 6.63. The number of pyridine rings is 1. The van der Waals surface area contributed by atoms with Crippen molar-refractivity contribution in [2.24, 2.45) is 11.3 Å². The molecular formula is C15H23ClN2O2S. The summed E-state index contributed by atoms with van der Waals surface area (Å²) in [5, 5.41) is 0.293. The normalized spacial score (nSPS) is 18.3. The molecule has 1 heterocycles. The van der Waals surface area contributed by atoms with E-state index in [9.17, 15) is 8.42 Å². The molecule has 0 saturated heterocycles. The highest BCUT2D eigenvalue weighted by Crippen LogP contribution is 2.42. The van der Waals surface area contributed by atoms with Crippen molar-refractivity contribution in [1.82, 2.24) is 9.71 Å². The molecule has 1 fully saturated rings. The summed E-state index contributed by atoms with van der Waals surface area (Å²) in [5.74, 6) is 0.574. The van der Waals surface area contributed by atoms with E-state index in [1.165, 1.54) is 31.2 Å². The van der Waals surface area contributed by atoms with Crippen molar-refractivity contribution in [1.29, 1.82) is 0 Å². The van der Waals surface area contributed by atoms with Crippen molar-refractivity contribution in [2.45, 2.75) is 50.8 Å². The van der Waals surface area contributed by atoms with E-state index in [2.05, 4.69) is 23.6 Å². The van der Waals surface area contributed by atoms with E-state index in [0.717, 1.165) is 19.3 Å². The van der Waals surface area contributed by atoms with Crippen molar-refractivity contribution in [3.63, 3.8) is 0 Å². The molecule has 1 saturated carbocycles. The van der Waals surface area contributed by atoms with E-state index < -0.39 is 10.0 Å². The third kappa shape index (κ3) is 4.41. The third-order valence-corrected chi connectivity index (χ3v) is 5.76. The molecule has 1 aliphatic carbocycles. The number of rotatable bonds is 6. The van der Waals surface area contributed by atoms with Gasteiger partial charge < -0.3 is 0 Å². The van der Waals surface area contributed by atoms with Crippen LogP contribution >= 0.6 is 11.6 Å². The van der Waals surface area contributed by atoms with E-state index in [0.29, 0.717) is 17.6 Å². The van der Waals surface area contributed by atoms with Gasteiger partial charge in [-0.2, -0.15) is 0 Å². The van der Waals surface area contributed by atoms with Crippen LogP contribution in [0.25, 0.3) is 0 Å². The van der Waals surface area contributed by atoms with Crippen LogP contribution in [-0.4, -0.2) is 19.9 Å². The molecule has 1 aromatic rings. The van der Waals surface area contributed by atoms with Gasteiger partial charge in [-0.1, -0.05) is 38.3 Å². The minimum atomic E-state index is -3.51. The fourth-order valence-electron chi connectivity index (χ4n) is 3.30. The lowest BCUT2D eigenvalue weighted by atomic mass is 9.79. The van der Waals surface area contributed by atoms with Crippen molar-refractivity contribution >= 4 is 21.6 Å². The van der Waals surface area contributed by atoms with E-state index in [1.54, 1.807) is 0 Å². The number of hydrogen-bond donors (Lipinski definition) is 1. The summed E-state index contributed by atoms with van der Waals surface area (Å²) in [4.78, 5) is 4.01. The van der Waals surface area contributed by atoms with Gasteiger partial charge in [-0.15, -0.1) is 0 Å². The van der Waals surface area contributed by atoms with Crippen LogP contribution in [0, 0.1) is 11.3 Å². The first-order valence-electron chi connectivity index (χ1n) is 7.44. The zero-order chi connectivity index (χ0) is 15.5. The molecule has 6 heteroatoms. The van der Waals surface area contributed by atoms with Crippen molar-refractivity contribution in [3.05, 3.63) is 23.5 Å². The third-order valence-electron chi connectivity index (χ3n) is 4.15. The summed E-state index contributed by atoms with van der Waals surface area (Å²) < 4.78 is 27.4. The van der Waals surface area contributed by atoms with E-state index >= 15 is 0 Å². The number of sulfonamides is 1. The molecule has 118 valence electrons. The number of halogens is 1. The molecule has 4 nitrogen and oxygen atoms in total. The molecule has 1 N–H and O–H groups in total. The fourth-order valence-corrected chi connectivity index (χ4v) is 4.51. The lowest BCUT2D eigenvalue weighted by molar-refractivity contribution is 0.236. The topological polar surface area (TPSA) is 59.1 Å². The predicted octanol–water partition coefficient (Wildman–Crippen LogP) is 3.62. The van der Waals surface area contributed by atoms with Gasteiger partial charge in [0.05, 0.1) is 0 Å². The Hall–Kier alpha value is -0.650. The first-order valence-corrected chi connectivity index (χ1v) is 9.30. The van der Waals surface area contributed by atoms with E-state index in [4.69, 9.17) is 11.6 Å². The summed E-state index contributed by atoms with van der Waals surface area (Å²) in [5.41, 5.74) is 0.112. The van der Waals surface area contributed by atoms with Crippen LogP contribution in [0.1, 0.15) is 46.0 Å². The predicted molar refractivity (Wildman–Crippen MR) is 84.8 cm³/mol. The Labute approximate surface area is 132 Å². The Morgan fingerprint density at radius 2 is 2.00 bits per heavy atom. The smallest absolute Gasteiger partial charge is 0.242 e. The Kier molecular flexibility index (Phi) is 5.28. The Bertz CT molecular complexity index is 564. The molecule has 0 aliphatic heterocycles. The monoisotopic (exact) mass is 330 g/mol. The highest BCUT2D eigenvalue weighted by atomic mass is 35.5. The van der Waals surface area contributed by atoms with E-state index in [-0.39, 0.29) is 10.3 Å². The van der Waals surface area contributed by atoms with Gasteiger partial charge in [-0.25, -0.2) is 18.1 Å². The largest absolute Gasteiger partial charge is 0.243 e. The number of nitrogens with zero attached hydrogens (tertiary/aromatic N) is 1. The van der Waals surface area contributed by atoms with Crippen molar-refractivity contribution in [2.75, 3.05) is 6.54 Å². The molecule has 21 heavy (non-hydrogen) atoms. The average Bonchev–Trinajstić information content (AvgIpc) is 2.85. The van der Waals surface area contributed by atoms with Crippen molar-refractivity contribution in [3.8, 4) is 0 Å². The first kappa shape index (κ1) is 16.7. The average molecular weight is 331 g/mol. The van der Waals surface area contributed by atoms with Gasteiger partial charge in [0.15, 0.2) is 0 Å². The molecule has 2 rings (SSSR count). The molecule has 0 amide bonds. The van der Waals surface area contributed by atoms with Crippen LogP contribution in [0.2, 0.25) is 5.15 Å². The summed E-state index contributed by atoms with van der Waals surface area (Å²) in [7, 11) is -3.51. The molecular weight excluding hydrogens is 308 g/mol. The zero-order valence-electron chi connectivity index (χ0n) is 12.6. The summed E-state index contributed by atoms with van der Waals surface area (Å²) in [6.07, 6.45) is 6.95. The molecule has 0 unspecified atom stereocenters. The fraction of sp³-hybridized carbons (Fsp3) is 0.667. The Balaban J connectivity index is 2.07. The quantitative estimate of drug-likeness (QED) is 0.810. The maximum Gasteiger partial charge on any atom is 0.242 e. The summed E-state index contributed by atoms with van der Waals surface area (Å²) in [6, 6.07) is 2.98. The van der Waals surface area contributed by atoms with Crippen LogP contribution in [0.15, 0.2) is 23.2 Å². The minimum absolute atomic E-state index is 0.112. The van der Waals surface area contributed by atoms with Gasteiger partial charge >= 0.3 is 0 Å². The van der Waals surface area contributed by atoms with Gasteiger partial charge in [0, 0.05) is 12.7 Å². The lowest BCUT2D eigenvalue weighted by Gasteiger charge is -2.31. The maximum absolute atomic E-state index is 12.3. The van der Waals surface area contributed by atoms with Crippen LogP contribution < -0.4 is 4.72 Å². The zero-order valence-corrected chi connectivity index (χ0v) is 14.2. The van der Waals surface area contributed by atoms with Gasteiger partial charge in [-0.05, 0) is 42.7 Å². The molecule has 0 spiro atoms. The minimum Gasteiger partial charge on any atom is -0.243 e. The highest BCUT2D eigenvalue weighted by molar-refractivity contribution is 7.89. The molecule has 1 aromatic heterocycles. The van der Waals surface area contributed by atoms with Crippen LogP contribution in [0.3, 0.4) is 0 Å². The number of hydrogen-bond acceptors (Lipinski definition) is 3. The second-order valence-corrected chi connectivity index (χ2v) is 8.60. The van der Waals surface area contributed by atoms with Gasteiger partial charge in [0.2, 0.25) is 10.0 Å². The standard InChI is InChI=1S/C15H23ClN2O2S/c1-12(2)9-15(7-3-4-8-15)11-18-21(19,20)13-5-6-14(16)17-10-13/h5-6,10,12,18H,3-4,7-9,11H2,1-2H3. The molecule has 0 radical (unpaired) electrons. The molecule has 0 bridgehead atoms. The lowest BCUT2D eigenvalue weighted by Crippen LogP contribution is -2.36. The number of aromatic nitrogens is 1. The number of nitrogens with one attached hydrogen (secondary N) is 1. The first-order chi connectivity index (χ1) is 9.83. The summed E-state index contributed by atoms with van der Waals surface area (Å²) >= 11 is 5.70. The summed E-state index contributed by atoms with van der Waals surface area (Å²) in [6.45, 7) is 4.89. The highest BCUT2D eigenvalue weighted by Gasteiger charge is 2.35. The van der Waals surface area contributed by atoms with E-state index in [1.807, 2.05) is 0 Å². The molecule has 1 aliphatic rings. The van der Waals surface area contributed by atoms with Crippen molar-refractivity contribution < 1.29 is 8.42 Å². The Morgan fingerprint density at radius 1 is 1.33 bits per heavy atom.